The molecule has 17 heavy (non-hydrogen) atoms. The molecule has 0 unspecified atom stereocenters. The van der Waals surface area contributed by atoms with Crippen LogP contribution in [-0.2, 0) is 0 Å². The Labute approximate surface area is 104 Å². The molecule has 4 nitrogen and oxygen atoms in total. The fourth-order valence-electron chi connectivity index (χ4n) is 1.05. The van der Waals surface area contributed by atoms with Gasteiger partial charge in [0.2, 0.25) is 0 Å². The van der Waals surface area contributed by atoms with Crippen LogP contribution in [0.15, 0.2) is 54.6 Å². The van der Waals surface area contributed by atoms with E-state index in [1.807, 2.05) is 30.3 Å². The van der Waals surface area contributed by atoms with Crippen LogP contribution in [0.5, 0.6) is 0 Å². The van der Waals surface area contributed by atoms with Crippen LogP contribution in [0.1, 0.15) is 0 Å². The highest BCUT2D eigenvalue weighted by molar-refractivity contribution is 6.32. The Morgan fingerprint density at radius 1 is 1.00 bits per heavy atom. The molecule has 88 valence electrons. The second-order valence-electron chi connectivity index (χ2n) is 3.12. The zero-order valence-corrected chi connectivity index (χ0v) is 9.67. The third-order valence-corrected chi connectivity index (χ3v) is 2.17. The van der Waals surface area contributed by atoms with Crippen molar-refractivity contribution in [3.8, 4) is 0 Å². The molecule has 0 aromatic heterocycles. The quantitative estimate of drug-likeness (QED) is 0.478. The minimum absolute atomic E-state index is 0.0517. The molecule has 2 rings (SSSR count). The highest BCUT2D eigenvalue weighted by Gasteiger charge is 2.08. The fraction of sp³-hybridized carbons (Fsp3) is 0. The number of anilines is 1. The second-order valence-corrected chi connectivity index (χ2v) is 3.53. The molecule has 0 spiro atoms. The molecular weight excluding hydrogens is 240 g/mol. The Balaban J connectivity index is 0.000000181. The predicted octanol–water partition coefficient (Wildman–Crippen LogP) is 3.52. The average Bonchev–Trinajstić information content (AvgIpc) is 2.31. The minimum atomic E-state index is -0.512. The maximum absolute atomic E-state index is 10.1. The second kappa shape index (κ2) is 6.50. The largest absolute Gasteiger partial charge is 0.399 e. The third kappa shape index (κ3) is 4.53. The molecule has 0 aliphatic heterocycles. The van der Waals surface area contributed by atoms with Crippen molar-refractivity contribution in [1.29, 1.82) is 0 Å². The highest BCUT2D eigenvalue weighted by Crippen LogP contribution is 2.21. The van der Waals surface area contributed by atoms with E-state index in [0.717, 1.165) is 5.69 Å². The van der Waals surface area contributed by atoms with Gasteiger partial charge in [-0.15, -0.1) is 0 Å². The summed E-state index contributed by atoms with van der Waals surface area (Å²) in [7, 11) is 0. The van der Waals surface area contributed by atoms with Crippen LogP contribution in [0.4, 0.5) is 11.4 Å². The standard InChI is InChI=1S/C6H4ClNO2.C6H7N/c7-5-3-1-2-4-6(5)8(9)10;7-6-4-2-1-3-5-6/h1-4H;1-5H,7H2. The number of para-hydroxylation sites is 2. The molecule has 0 saturated heterocycles. The third-order valence-electron chi connectivity index (χ3n) is 1.85. The van der Waals surface area contributed by atoms with Crippen LogP contribution in [-0.4, -0.2) is 4.92 Å². The van der Waals surface area contributed by atoms with Crippen molar-refractivity contribution in [2.24, 2.45) is 0 Å². The van der Waals surface area contributed by atoms with E-state index in [4.69, 9.17) is 17.3 Å². The van der Waals surface area contributed by atoms with E-state index in [0.29, 0.717) is 0 Å². The average molecular weight is 251 g/mol. The van der Waals surface area contributed by atoms with E-state index >= 15 is 0 Å². The van der Waals surface area contributed by atoms with Crippen molar-refractivity contribution in [2.45, 2.75) is 0 Å². The SMILES string of the molecule is Nc1ccccc1.O=[N+]([O-])c1ccccc1Cl. The number of nitrogens with zero attached hydrogens (tertiary/aromatic N) is 1. The van der Waals surface area contributed by atoms with Crippen molar-refractivity contribution in [2.75, 3.05) is 5.73 Å². The van der Waals surface area contributed by atoms with Gasteiger partial charge in [-0.25, -0.2) is 0 Å². The first kappa shape index (κ1) is 13.0. The fourth-order valence-corrected chi connectivity index (χ4v) is 1.26. The van der Waals surface area contributed by atoms with Gasteiger partial charge in [-0.3, -0.25) is 10.1 Å². The van der Waals surface area contributed by atoms with Crippen LogP contribution in [0.25, 0.3) is 0 Å². The molecular formula is C12H11ClN2O2. The molecule has 0 fully saturated rings. The Hall–Kier alpha value is -2.07. The van der Waals surface area contributed by atoms with Gasteiger partial charge in [0.05, 0.1) is 4.92 Å². The summed E-state index contributed by atoms with van der Waals surface area (Å²) in [6.45, 7) is 0. The van der Waals surface area contributed by atoms with Crippen molar-refractivity contribution in [3.63, 3.8) is 0 Å². The number of nitrogen functional groups attached to an aromatic ring is 1. The lowest BCUT2D eigenvalue weighted by Crippen LogP contribution is -1.87. The Bertz CT molecular complexity index is 489. The Kier molecular flexibility index (Phi) is 4.97. The van der Waals surface area contributed by atoms with Gasteiger partial charge in [0.1, 0.15) is 5.02 Å². The smallest absolute Gasteiger partial charge is 0.287 e. The maximum Gasteiger partial charge on any atom is 0.287 e. The first-order chi connectivity index (χ1) is 8.11. The van der Waals surface area contributed by atoms with Gasteiger partial charge in [-0.1, -0.05) is 41.9 Å². The summed E-state index contributed by atoms with van der Waals surface area (Å²) in [6.07, 6.45) is 0. The number of nitrogens with two attached hydrogens (primary N) is 1. The number of nitro benzene ring substituents is 1. The van der Waals surface area contributed by atoms with Gasteiger partial charge in [-0.05, 0) is 18.2 Å². The highest BCUT2D eigenvalue weighted by atomic mass is 35.5. The number of hydrogen-bond acceptors (Lipinski definition) is 3. The van der Waals surface area contributed by atoms with Gasteiger partial charge in [0, 0.05) is 11.8 Å². The zero-order valence-electron chi connectivity index (χ0n) is 8.92. The molecule has 2 aromatic carbocycles. The van der Waals surface area contributed by atoms with E-state index < -0.39 is 4.92 Å². The first-order valence-electron chi connectivity index (χ1n) is 4.80. The Morgan fingerprint density at radius 3 is 1.88 bits per heavy atom. The molecule has 0 aliphatic carbocycles. The van der Waals surface area contributed by atoms with Crippen molar-refractivity contribution in [3.05, 3.63) is 69.7 Å². The van der Waals surface area contributed by atoms with Gasteiger partial charge < -0.3 is 5.73 Å². The molecule has 2 aromatic rings. The summed E-state index contributed by atoms with van der Waals surface area (Å²) in [6, 6.07) is 15.6. The molecule has 0 heterocycles. The lowest BCUT2D eigenvalue weighted by molar-refractivity contribution is -0.384. The van der Waals surface area contributed by atoms with Crippen molar-refractivity contribution < 1.29 is 4.92 Å². The first-order valence-corrected chi connectivity index (χ1v) is 5.18. The maximum atomic E-state index is 10.1. The number of halogens is 1. The van der Waals surface area contributed by atoms with E-state index in [-0.39, 0.29) is 10.7 Å². The van der Waals surface area contributed by atoms with Gasteiger partial charge in [0.25, 0.3) is 5.69 Å². The molecule has 0 saturated carbocycles. The molecule has 0 atom stereocenters. The lowest BCUT2D eigenvalue weighted by Gasteiger charge is -1.90. The number of nitro groups is 1. The summed E-state index contributed by atoms with van der Waals surface area (Å²) in [5.41, 5.74) is 6.13. The van der Waals surface area contributed by atoms with E-state index in [2.05, 4.69) is 0 Å². The summed E-state index contributed by atoms with van der Waals surface area (Å²) in [5, 5.41) is 10.3. The monoisotopic (exact) mass is 250 g/mol. The van der Waals surface area contributed by atoms with Crippen LogP contribution in [0, 0.1) is 10.1 Å². The molecule has 5 heteroatoms. The molecule has 2 N–H and O–H groups in total. The number of hydrogen-bond donors (Lipinski definition) is 1. The van der Waals surface area contributed by atoms with Gasteiger partial charge in [0.15, 0.2) is 0 Å². The summed E-state index contributed by atoms with van der Waals surface area (Å²) >= 11 is 5.48. The van der Waals surface area contributed by atoms with Crippen LogP contribution >= 0.6 is 11.6 Å². The molecule has 0 aliphatic rings. The van der Waals surface area contributed by atoms with Crippen LogP contribution in [0.3, 0.4) is 0 Å². The predicted molar refractivity (Wildman–Crippen MR) is 69.0 cm³/mol. The van der Waals surface area contributed by atoms with Crippen LogP contribution < -0.4 is 5.73 Å². The normalized spacial score (nSPS) is 9.00. The molecule has 0 bridgehead atoms. The van der Waals surface area contributed by atoms with Gasteiger partial charge >= 0.3 is 0 Å². The summed E-state index contributed by atoms with van der Waals surface area (Å²) in [4.78, 5) is 9.63. The topological polar surface area (TPSA) is 69.2 Å². The number of benzene rings is 2. The van der Waals surface area contributed by atoms with E-state index in [1.165, 1.54) is 12.1 Å². The molecule has 0 amide bonds. The van der Waals surface area contributed by atoms with Crippen molar-refractivity contribution >= 4 is 23.0 Å². The summed E-state index contributed by atoms with van der Waals surface area (Å²) in [5.74, 6) is 0. The summed E-state index contributed by atoms with van der Waals surface area (Å²) < 4.78 is 0. The lowest BCUT2D eigenvalue weighted by atomic mass is 10.3. The molecule has 0 radical (unpaired) electrons. The zero-order chi connectivity index (χ0) is 12.7. The van der Waals surface area contributed by atoms with E-state index in [1.54, 1.807) is 12.1 Å². The van der Waals surface area contributed by atoms with Crippen LogP contribution in [0.2, 0.25) is 5.02 Å². The Morgan fingerprint density at radius 2 is 1.53 bits per heavy atom. The van der Waals surface area contributed by atoms with Crippen molar-refractivity contribution in [1.82, 2.24) is 0 Å². The van der Waals surface area contributed by atoms with Gasteiger partial charge in [-0.2, -0.15) is 0 Å². The van der Waals surface area contributed by atoms with E-state index in [9.17, 15) is 10.1 Å². The minimum Gasteiger partial charge on any atom is -0.399 e. The number of rotatable bonds is 1.